The minimum Gasteiger partial charge on any atom is -0.312 e. The van der Waals surface area contributed by atoms with Crippen LogP contribution in [0.2, 0.25) is 0 Å². The van der Waals surface area contributed by atoms with E-state index in [4.69, 9.17) is 0 Å². The maximum atomic E-state index is 13.0. The molecule has 1 aromatic rings. The van der Waals surface area contributed by atoms with E-state index in [1.165, 1.54) is 11.0 Å². The largest absolute Gasteiger partial charge is 0.417 e. The normalized spacial score (nSPS) is 32.9. The van der Waals surface area contributed by atoms with Gasteiger partial charge < -0.3 is 4.90 Å². The third kappa shape index (κ3) is 1.96. The van der Waals surface area contributed by atoms with Gasteiger partial charge in [0.2, 0.25) is 5.91 Å². The molecule has 1 aromatic carbocycles. The van der Waals surface area contributed by atoms with Crippen LogP contribution in [0, 0.1) is 23.7 Å². The number of benzene rings is 1. The Hall–Kier alpha value is -1.30. The molecule has 4 rings (SSSR count). The summed E-state index contributed by atoms with van der Waals surface area (Å²) >= 11 is 2.93. The zero-order valence-electron chi connectivity index (χ0n) is 11.5. The summed E-state index contributed by atoms with van der Waals surface area (Å²) in [5.74, 6) is 0.845. The number of anilines is 1. The van der Waals surface area contributed by atoms with Crippen molar-refractivity contribution < 1.29 is 18.0 Å². The van der Waals surface area contributed by atoms with Crippen LogP contribution in [-0.2, 0) is 11.0 Å². The van der Waals surface area contributed by atoms with E-state index in [2.05, 4.69) is 28.1 Å². The van der Waals surface area contributed by atoms with Gasteiger partial charge in [0.05, 0.1) is 5.56 Å². The molecule has 116 valence electrons. The summed E-state index contributed by atoms with van der Waals surface area (Å²) in [6.07, 6.45) is 0.832. The molecule has 1 saturated carbocycles. The van der Waals surface area contributed by atoms with Gasteiger partial charge in [-0.3, -0.25) is 4.79 Å². The number of carbonyl (C=O) groups is 1. The van der Waals surface area contributed by atoms with Crippen molar-refractivity contribution in [2.75, 3.05) is 11.4 Å². The Morgan fingerprint density at radius 3 is 2.59 bits per heavy atom. The van der Waals surface area contributed by atoms with Gasteiger partial charge in [-0.25, -0.2) is 0 Å². The predicted molar refractivity (Wildman–Crippen MR) is 79.2 cm³/mol. The van der Waals surface area contributed by atoms with Crippen LogP contribution in [0.5, 0.6) is 0 Å². The molecule has 3 aliphatic rings. The molecule has 1 heterocycles. The summed E-state index contributed by atoms with van der Waals surface area (Å²) in [6, 6.07) is 4.01. The number of fused-ring (bicyclic) bond motifs is 5. The second kappa shape index (κ2) is 4.60. The molecule has 2 nitrogen and oxygen atoms in total. The standard InChI is InChI=1S/C16H13BrF3NO/c17-13-4-3-10(6-12(13)16(18,19)20)21-7-11-8-1-2-9(5-8)14(11)15(21)22/h1-4,6,8-9,11,14H,5,7H2. The van der Waals surface area contributed by atoms with E-state index in [0.29, 0.717) is 18.2 Å². The van der Waals surface area contributed by atoms with Crippen LogP contribution < -0.4 is 4.90 Å². The van der Waals surface area contributed by atoms with Gasteiger partial charge in [-0.15, -0.1) is 0 Å². The number of alkyl halides is 3. The smallest absolute Gasteiger partial charge is 0.312 e. The van der Waals surface area contributed by atoms with E-state index >= 15 is 0 Å². The highest BCUT2D eigenvalue weighted by Gasteiger charge is 2.54. The van der Waals surface area contributed by atoms with Crippen LogP contribution in [0.3, 0.4) is 0 Å². The number of nitrogens with zero attached hydrogens (tertiary/aromatic N) is 1. The lowest BCUT2D eigenvalue weighted by molar-refractivity contribution is -0.138. The van der Waals surface area contributed by atoms with E-state index in [1.54, 1.807) is 6.07 Å². The van der Waals surface area contributed by atoms with Crippen molar-refractivity contribution >= 4 is 27.5 Å². The molecule has 0 radical (unpaired) electrons. The highest BCUT2D eigenvalue weighted by Crippen LogP contribution is 2.52. The quantitative estimate of drug-likeness (QED) is 0.675. The Kier molecular flexibility index (Phi) is 2.99. The molecule has 6 heteroatoms. The van der Waals surface area contributed by atoms with E-state index < -0.39 is 11.7 Å². The van der Waals surface area contributed by atoms with Crippen molar-refractivity contribution in [2.45, 2.75) is 12.6 Å². The Labute approximate surface area is 134 Å². The molecule has 2 bridgehead atoms. The lowest BCUT2D eigenvalue weighted by atomic mass is 9.86. The first-order chi connectivity index (χ1) is 10.4. The molecule has 2 aliphatic carbocycles. The van der Waals surface area contributed by atoms with Crippen molar-refractivity contribution in [3.63, 3.8) is 0 Å². The summed E-state index contributed by atoms with van der Waals surface area (Å²) in [4.78, 5) is 14.2. The molecule has 4 unspecified atom stereocenters. The number of hydrogen-bond acceptors (Lipinski definition) is 1. The number of hydrogen-bond donors (Lipinski definition) is 0. The summed E-state index contributed by atoms with van der Waals surface area (Å²) in [7, 11) is 0. The highest BCUT2D eigenvalue weighted by atomic mass is 79.9. The van der Waals surface area contributed by atoms with Crippen molar-refractivity contribution in [3.8, 4) is 0 Å². The SMILES string of the molecule is O=C1C2C3C=CC(C3)C2CN1c1ccc(Br)c(C(F)(F)F)c1. The van der Waals surface area contributed by atoms with Gasteiger partial charge >= 0.3 is 6.18 Å². The number of allylic oxidation sites excluding steroid dienone is 2. The molecule has 1 saturated heterocycles. The molecule has 4 atom stereocenters. The van der Waals surface area contributed by atoms with Gasteiger partial charge in [0, 0.05) is 22.6 Å². The average molecular weight is 372 g/mol. The van der Waals surface area contributed by atoms with Crippen molar-refractivity contribution in [1.82, 2.24) is 0 Å². The molecule has 1 aliphatic heterocycles. The monoisotopic (exact) mass is 371 g/mol. The first-order valence-corrected chi connectivity index (χ1v) is 8.02. The van der Waals surface area contributed by atoms with E-state index in [9.17, 15) is 18.0 Å². The minimum absolute atomic E-state index is 0.00248. The van der Waals surface area contributed by atoms with Crippen LogP contribution >= 0.6 is 15.9 Å². The van der Waals surface area contributed by atoms with E-state index in [0.717, 1.165) is 12.5 Å². The fourth-order valence-electron chi connectivity index (χ4n) is 4.15. The van der Waals surface area contributed by atoms with Crippen molar-refractivity contribution in [3.05, 3.63) is 40.4 Å². The van der Waals surface area contributed by atoms with Crippen molar-refractivity contribution in [2.24, 2.45) is 23.7 Å². The molecule has 2 fully saturated rings. The fourth-order valence-corrected chi connectivity index (χ4v) is 4.62. The minimum atomic E-state index is -4.44. The second-order valence-corrected chi connectivity index (χ2v) is 7.10. The number of rotatable bonds is 1. The van der Waals surface area contributed by atoms with Crippen LogP contribution in [0.15, 0.2) is 34.8 Å². The molecular weight excluding hydrogens is 359 g/mol. The molecule has 0 aromatic heterocycles. The molecule has 1 amide bonds. The van der Waals surface area contributed by atoms with Crippen LogP contribution in [-0.4, -0.2) is 12.5 Å². The first kappa shape index (κ1) is 14.3. The van der Waals surface area contributed by atoms with E-state index in [-0.39, 0.29) is 28.1 Å². The molecule has 0 N–H and O–H groups in total. The number of carbonyl (C=O) groups excluding carboxylic acids is 1. The van der Waals surface area contributed by atoms with Gasteiger partial charge in [0.15, 0.2) is 0 Å². The number of amides is 1. The van der Waals surface area contributed by atoms with E-state index in [1.807, 2.05) is 0 Å². The summed E-state index contributed by atoms with van der Waals surface area (Å²) in [6.45, 7) is 0.522. The zero-order valence-corrected chi connectivity index (χ0v) is 13.1. The van der Waals surface area contributed by atoms with Gasteiger partial charge in [-0.1, -0.05) is 28.1 Å². The lowest BCUT2D eigenvalue weighted by Gasteiger charge is -2.21. The van der Waals surface area contributed by atoms with Crippen LogP contribution in [0.25, 0.3) is 0 Å². The summed E-state index contributed by atoms with van der Waals surface area (Å²) in [5.41, 5.74) is -0.398. The predicted octanol–water partition coefficient (Wildman–Crippen LogP) is 4.25. The Morgan fingerprint density at radius 2 is 1.91 bits per heavy atom. The summed E-state index contributed by atoms with van der Waals surface area (Å²) in [5, 5.41) is 0. The van der Waals surface area contributed by atoms with Crippen LogP contribution in [0.4, 0.5) is 18.9 Å². The summed E-state index contributed by atoms with van der Waals surface area (Å²) < 4.78 is 39.1. The van der Waals surface area contributed by atoms with Crippen molar-refractivity contribution in [1.29, 1.82) is 0 Å². The lowest BCUT2D eigenvalue weighted by Crippen LogP contribution is -2.29. The third-order valence-corrected chi connectivity index (χ3v) is 5.83. The second-order valence-electron chi connectivity index (χ2n) is 6.25. The van der Waals surface area contributed by atoms with Gasteiger partial charge in [0.1, 0.15) is 0 Å². The Morgan fingerprint density at radius 1 is 1.18 bits per heavy atom. The topological polar surface area (TPSA) is 20.3 Å². The maximum Gasteiger partial charge on any atom is 0.417 e. The Bertz CT molecular complexity index is 684. The average Bonchev–Trinajstić information content (AvgIpc) is 3.11. The van der Waals surface area contributed by atoms with Gasteiger partial charge in [-0.2, -0.15) is 13.2 Å². The molecular formula is C16H13BrF3NO. The van der Waals surface area contributed by atoms with Crippen LogP contribution in [0.1, 0.15) is 12.0 Å². The van der Waals surface area contributed by atoms with Gasteiger partial charge in [0.25, 0.3) is 0 Å². The first-order valence-electron chi connectivity index (χ1n) is 7.22. The highest BCUT2D eigenvalue weighted by molar-refractivity contribution is 9.10. The zero-order chi connectivity index (χ0) is 15.6. The third-order valence-electron chi connectivity index (χ3n) is 5.13. The molecule has 22 heavy (non-hydrogen) atoms. The number of halogens is 4. The molecule has 0 spiro atoms. The maximum absolute atomic E-state index is 13.0. The van der Waals surface area contributed by atoms with Gasteiger partial charge in [-0.05, 0) is 42.4 Å². The Balaban J connectivity index is 1.68. The fraction of sp³-hybridized carbons (Fsp3) is 0.438.